The Kier molecular flexibility index (Phi) is 3.07. The van der Waals surface area contributed by atoms with Crippen LogP contribution in [-0.2, 0) is 4.79 Å². The maximum absolute atomic E-state index is 10.8. The van der Waals surface area contributed by atoms with Gasteiger partial charge in [0.25, 0.3) is 0 Å². The second kappa shape index (κ2) is 3.88. The Balaban J connectivity index is 2.62. The van der Waals surface area contributed by atoms with E-state index >= 15 is 0 Å². The fraction of sp³-hybridized carbons (Fsp3) is 0.727. The highest BCUT2D eigenvalue weighted by Crippen LogP contribution is 2.35. The summed E-state index contributed by atoms with van der Waals surface area (Å²) < 4.78 is 0. The van der Waals surface area contributed by atoms with Crippen LogP contribution in [0.5, 0.6) is 0 Å². The zero-order chi connectivity index (χ0) is 9.14. The summed E-state index contributed by atoms with van der Waals surface area (Å²) in [5.41, 5.74) is 1.18. The van der Waals surface area contributed by atoms with Crippen molar-refractivity contribution in [3.63, 3.8) is 0 Å². The molecule has 1 fully saturated rings. The molecule has 0 aromatic carbocycles. The fourth-order valence-corrected chi connectivity index (χ4v) is 2.19. The van der Waals surface area contributed by atoms with Crippen LogP contribution in [0.2, 0.25) is 0 Å². The SMILES string of the molecule is C=C(C)[C@@H]1CC[C@H](C)CC1C=O. The van der Waals surface area contributed by atoms with E-state index in [4.69, 9.17) is 0 Å². The monoisotopic (exact) mass is 166 g/mol. The van der Waals surface area contributed by atoms with Crippen LogP contribution in [0.15, 0.2) is 12.2 Å². The minimum absolute atomic E-state index is 0.242. The van der Waals surface area contributed by atoms with E-state index in [1.165, 1.54) is 12.0 Å². The topological polar surface area (TPSA) is 17.1 Å². The minimum atomic E-state index is 0.242. The molecule has 1 rings (SSSR count). The highest BCUT2D eigenvalue weighted by molar-refractivity contribution is 5.55. The molecule has 0 aromatic rings. The normalized spacial score (nSPS) is 36.0. The first-order chi connectivity index (χ1) is 5.65. The van der Waals surface area contributed by atoms with E-state index in [-0.39, 0.29) is 5.92 Å². The van der Waals surface area contributed by atoms with Gasteiger partial charge >= 0.3 is 0 Å². The quantitative estimate of drug-likeness (QED) is 0.455. The van der Waals surface area contributed by atoms with Crippen molar-refractivity contribution < 1.29 is 4.79 Å². The van der Waals surface area contributed by atoms with Crippen molar-refractivity contribution in [3.8, 4) is 0 Å². The van der Waals surface area contributed by atoms with Crippen molar-refractivity contribution in [2.24, 2.45) is 17.8 Å². The zero-order valence-electron chi connectivity index (χ0n) is 8.05. The van der Waals surface area contributed by atoms with Gasteiger partial charge in [0.15, 0.2) is 0 Å². The number of hydrogen-bond acceptors (Lipinski definition) is 1. The van der Waals surface area contributed by atoms with Gasteiger partial charge in [-0.05, 0) is 31.6 Å². The first-order valence-corrected chi connectivity index (χ1v) is 4.75. The molecule has 12 heavy (non-hydrogen) atoms. The van der Waals surface area contributed by atoms with Crippen LogP contribution >= 0.6 is 0 Å². The number of allylic oxidation sites excluding steroid dienone is 1. The molecule has 3 atom stereocenters. The minimum Gasteiger partial charge on any atom is -0.303 e. The molecular weight excluding hydrogens is 148 g/mol. The van der Waals surface area contributed by atoms with E-state index in [1.54, 1.807) is 0 Å². The predicted molar refractivity (Wildman–Crippen MR) is 50.9 cm³/mol. The average molecular weight is 166 g/mol. The van der Waals surface area contributed by atoms with E-state index in [1.807, 2.05) is 6.92 Å². The molecular formula is C11H18O. The first-order valence-electron chi connectivity index (χ1n) is 4.75. The van der Waals surface area contributed by atoms with Crippen LogP contribution < -0.4 is 0 Å². The molecule has 1 saturated carbocycles. The van der Waals surface area contributed by atoms with Gasteiger partial charge < -0.3 is 4.79 Å². The third-order valence-electron chi connectivity index (χ3n) is 2.97. The van der Waals surface area contributed by atoms with Gasteiger partial charge in [-0.15, -0.1) is 0 Å². The molecule has 0 aliphatic heterocycles. The van der Waals surface area contributed by atoms with Gasteiger partial charge in [-0.3, -0.25) is 0 Å². The molecule has 1 heteroatoms. The van der Waals surface area contributed by atoms with Crippen molar-refractivity contribution in [1.29, 1.82) is 0 Å². The lowest BCUT2D eigenvalue weighted by atomic mass is 9.73. The highest BCUT2D eigenvalue weighted by Gasteiger charge is 2.28. The summed E-state index contributed by atoms with van der Waals surface area (Å²) >= 11 is 0. The van der Waals surface area contributed by atoms with E-state index in [0.717, 1.165) is 25.0 Å². The van der Waals surface area contributed by atoms with Gasteiger partial charge in [0.05, 0.1) is 0 Å². The Hall–Kier alpha value is -0.590. The van der Waals surface area contributed by atoms with Crippen LogP contribution in [0.25, 0.3) is 0 Å². The molecule has 0 N–H and O–H groups in total. The highest BCUT2D eigenvalue weighted by atomic mass is 16.1. The fourth-order valence-electron chi connectivity index (χ4n) is 2.19. The molecule has 0 amide bonds. The lowest BCUT2D eigenvalue weighted by molar-refractivity contribution is -0.113. The van der Waals surface area contributed by atoms with Crippen molar-refractivity contribution in [2.45, 2.75) is 33.1 Å². The summed E-state index contributed by atoms with van der Waals surface area (Å²) in [6.45, 7) is 8.21. The Labute approximate surface area is 74.9 Å². The maximum atomic E-state index is 10.8. The van der Waals surface area contributed by atoms with Crippen molar-refractivity contribution in [2.75, 3.05) is 0 Å². The molecule has 0 saturated heterocycles. The van der Waals surface area contributed by atoms with E-state index < -0.39 is 0 Å². The smallest absolute Gasteiger partial charge is 0.123 e. The second-order valence-corrected chi connectivity index (χ2v) is 4.17. The number of carbonyl (C=O) groups is 1. The average Bonchev–Trinajstić information content (AvgIpc) is 2.03. The second-order valence-electron chi connectivity index (χ2n) is 4.17. The Morgan fingerprint density at radius 1 is 1.50 bits per heavy atom. The molecule has 1 aliphatic carbocycles. The van der Waals surface area contributed by atoms with Crippen LogP contribution in [0.3, 0.4) is 0 Å². The molecule has 0 radical (unpaired) electrons. The first kappa shape index (κ1) is 9.50. The summed E-state index contributed by atoms with van der Waals surface area (Å²) in [7, 11) is 0. The van der Waals surface area contributed by atoms with E-state index in [0.29, 0.717) is 5.92 Å². The van der Waals surface area contributed by atoms with Gasteiger partial charge in [0, 0.05) is 5.92 Å². The largest absolute Gasteiger partial charge is 0.303 e. The zero-order valence-corrected chi connectivity index (χ0v) is 8.05. The summed E-state index contributed by atoms with van der Waals surface area (Å²) in [6.07, 6.45) is 4.58. The Morgan fingerprint density at radius 3 is 2.67 bits per heavy atom. The van der Waals surface area contributed by atoms with Crippen molar-refractivity contribution in [3.05, 3.63) is 12.2 Å². The third kappa shape index (κ3) is 1.96. The van der Waals surface area contributed by atoms with Gasteiger partial charge in [0.1, 0.15) is 6.29 Å². The lowest BCUT2D eigenvalue weighted by Gasteiger charge is -2.31. The molecule has 0 heterocycles. The van der Waals surface area contributed by atoms with Gasteiger partial charge in [-0.2, -0.15) is 0 Å². The van der Waals surface area contributed by atoms with E-state index in [2.05, 4.69) is 13.5 Å². The molecule has 1 aliphatic rings. The van der Waals surface area contributed by atoms with E-state index in [9.17, 15) is 4.79 Å². The van der Waals surface area contributed by atoms with Gasteiger partial charge in [-0.25, -0.2) is 0 Å². The summed E-state index contributed by atoms with van der Waals surface area (Å²) in [6, 6.07) is 0. The number of rotatable bonds is 2. The number of hydrogen-bond donors (Lipinski definition) is 0. The standard InChI is InChI=1S/C11H18O/c1-8(2)11-5-4-9(3)6-10(11)7-12/h7,9-11H,1,4-6H2,2-3H3/t9-,10?,11-/m0/s1. The summed E-state index contributed by atoms with van der Waals surface area (Å²) in [4.78, 5) is 10.8. The Bertz CT molecular complexity index is 183. The lowest BCUT2D eigenvalue weighted by Crippen LogP contribution is -2.25. The molecule has 68 valence electrons. The summed E-state index contributed by atoms with van der Waals surface area (Å²) in [5.74, 6) is 1.42. The molecule has 0 bridgehead atoms. The van der Waals surface area contributed by atoms with Crippen LogP contribution in [0.1, 0.15) is 33.1 Å². The summed E-state index contributed by atoms with van der Waals surface area (Å²) in [5, 5.41) is 0. The van der Waals surface area contributed by atoms with Crippen LogP contribution in [0, 0.1) is 17.8 Å². The molecule has 1 nitrogen and oxygen atoms in total. The van der Waals surface area contributed by atoms with Crippen molar-refractivity contribution in [1.82, 2.24) is 0 Å². The number of carbonyl (C=O) groups excluding carboxylic acids is 1. The third-order valence-corrected chi connectivity index (χ3v) is 2.97. The van der Waals surface area contributed by atoms with Gasteiger partial charge in [0.2, 0.25) is 0 Å². The Morgan fingerprint density at radius 2 is 2.17 bits per heavy atom. The van der Waals surface area contributed by atoms with Gasteiger partial charge in [-0.1, -0.05) is 25.5 Å². The molecule has 0 aromatic heterocycles. The van der Waals surface area contributed by atoms with Crippen LogP contribution in [-0.4, -0.2) is 6.29 Å². The number of aldehydes is 1. The van der Waals surface area contributed by atoms with Crippen molar-refractivity contribution >= 4 is 6.29 Å². The molecule has 0 spiro atoms. The van der Waals surface area contributed by atoms with Crippen LogP contribution in [0.4, 0.5) is 0 Å². The molecule has 1 unspecified atom stereocenters. The predicted octanol–water partition coefficient (Wildman–Crippen LogP) is 2.81. The maximum Gasteiger partial charge on any atom is 0.123 e.